The van der Waals surface area contributed by atoms with E-state index in [-0.39, 0.29) is 0 Å². The Kier molecular flexibility index (Phi) is 10.7. The molecule has 3 heteroatoms. The molecule has 0 aliphatic carbocycles. The van der Waals surface area contributed by atoms with Gasteiger partial charge in [0.2, 0.25) is 0 Å². The molecule has 0 saturated carbocycles. The fourth-order valence-electron chi connectivity index (χ4n) is 3.43. The molecule has 0 aliphatic rings. The van der Waals surface area contributed by atoms with E-state index in [1.165, 1.54) is 76.0 Å². The Balaban J connectivity index is 5.33. The number of nitriles is 1. The van der Waals surface area contributed by atoms with E-state index in [2.05, 4.69) is 40.7 Å². The number of unbranched alkanes of at least 4 members (excludes halogenated alkanes) is 4. The summed E-state index contributed by atoms with van der Waals surface area (Å²) in [5, 5.41) is 9.49. The maximum atomic E-state index is 9.49. The van der Waals surface area contributed by atoms with E-state index in [4.69, 9.17) is 0 Å². The molecule has 20 heavy (non-hydrogen) atoms. The molecule has 1 radical (unpaired) electrons. The van der Waals surface area contributed by atoms with Gasteiger partial charge in [-0.2, -0.15) is 0 Å². The van der Waals surface area contributed by atoms with Crippen LogP contribution in [-0.2, 0) is 0 Å². The van der Waals surface area contributed by atoms with Gasteiger partial charge in [0, 0.05) is 0 Å². The van der Waals surface area contributed by atoms with Crippen molar-refractivity contribution in [3.8, 4) is 5.97 Å². The summed E-state index contributed by atoms with van der Waals surface area (Å²) in [6.45, 7) is 9.45. The van der Waals surface area contributed by atoms with Crippen LogP contribution in [0.2, 0.25) is 0 Å². The van der Waals surface area contributed by atoms with Crippen molar-refractivity contribution in [3.05, 3.63) is 0 Å². The van der Waals surface area contributed by atoms with Gasteiger partial charge in [0.05, 0.1) is 0 Å². The first-order valence-corrected chi connectivity index (χ1v) is 11.9. The van der Waals surface area contributed by atoms with Gasteiger partial charge in [-0.15, -0.1) is 0 Å². The minimum absolute atomic E-state index is 1.27. The summed E-state index contributed by atoms with van der Waals surface area (Å²) in [5.41, 5.74) is 0. The van der Waals surface area contributed by atoms with E-state index < -0.39 is 6.48 Å². The standard InChI is InChI=1S/C17H36BNP/c1-5-9-13-20(18-17-19,14-10-6-2,15-11-7-3)16-12-8-4/h5-16H2,1-4H3. The van der Waals surface area contributed by atoms with Crippen LogP contribution in [0, 0.1) is 11.2 Å². The van der Waals surface area contributed by atoms with E-state index in [0.29, 0.717) is 0 Å². The summed E-state index contributed by atoms with van der Waals surface area (Å²) < 4.78 is 0. The maximum absolute atomic E-state index is 9.49. The number of hydrogen-bond acceptors (Lipinski definition) is 1. The SMILES string of the molecule is CCCCP([B]C#N)(CCCC)(CCCC)CCCC. The molecule has 0 N–H and O–H groups in total. The average Bonchev–Trinajstić information content (AvgIpc) is 2.48. The first-order valence-electron chi connectivity index (χ1n) is 8.86. The first-order chi connectivity index (χ1) is 9.62. The molecular weight excluding hydrogens is 260 g/mol. The Hall–Kier alpha value is -0.0151. The molecule has 0 aliphatic heterocycles. The summed E-state index contributed by atoms with van der Waals surface area (Å²) in [7, 11) is 0. The molecule has 0 saturated heterocycles. The van der Waals surface area contributed by atoms with Crippen molar-refractivity contribution < 1.29 is 0 Å². The van der Waals surface area contributed by atoms with Crippen molar-refractivity contribution in [2.45, 2.75) is 79.1 Å². The van der Waals surface area contributed by atoms with Crippen LogP contribution in [-0.4, -0.2) is 31.6 Å². The predicted molar refractivity (Wildman–Crippen MR) is 97.4 cm³/mol. The van der Waals surface area contributed by atoms with Gasteiger partial charge in [0.25, 0.3) is 0 Å². The molecule has 0 rings (SSSR count). The van der Waals surface area contributed by atoms with E-state index in [0.717, 1.165) is 0 Å². The summed E-state index contributed by atoms with van der Waals surface area (Å²) in [5.74, 6) is 2.52. The summed E-state index contributed by atoms with van der Waals surface area (Å²) in [4.78, 5) is 0. The molecule has 0 unspecified atom stereocenters. The minimum atomic E-state index is -1.90. The zero-order valence-corrected chi connectivity index (χ0v) is 15.4. The van der Waals surface area contributed by atoms with Crippen molar-refractivity contribution in [2.24, 2.45) is 0 Å². The Morgan fingerprint density at radius 3 is 1.20 bits per heavy atom. The number of nitrogens with zero attached hydrogens (tertiary/aromatic N) is 1. The van der Waals surface area contributed by atoms with Crippen LogP contribution in [0.3, 0.4) is 0 Å². The third-order valence-electron chi connectivity index (χ3n) is 4.88. The molecule has 0 amide bonds. The summed E-state index contributed by atoms with van der Waals surface area (Å²) >= 11 is 0. The van der Waals surface area contributed by atoms with Crippen molar-refractivity contribution in [1.29, 1.82) is 5.26 Å². The second-order valence-corrected chi connectivity index (χ2v) is 12.8. The van der Waals surface area contributed by atoms with Gasteiger partial charge in [-0.05, 0) is 0 Å². The molecule has 0 fully saturated rings. The van der Waals surface area contributed by atoms with Crippen LogP contribution < -0.4 is 0 Å². The molecule has 0 aromatic heterocycles. The quantitative estimate of drug-likeness (QED) is 0.309. The summed E-state index contributed by atoms with van der Waals surface area (Å²) in [6, 6.07) is 0. The van der Waals surface area contributed by atoms with Crippen LogP contribution in [0.5, 0.6) is 0 Å². The van der Waals surface area contributed by atoms with Crippen LogP contribution in [0.25, 0.3) is 0 Å². The van der Waals surface area contributed by atoms with Gasteiger partial charge in [0.15, 0.2) is 0 Å². The Morgan fingerprint density at radius 1 is 0.700 bits per heavy atom. The predicted octanol–water partition coefficient (Wildman–Crippen LogP) is 5.84. The van der Waals surface area contributed by atoms with Crippen molar-refractivity contribution in [3.63, 3.8) is 0 Å². The molecule has 0 atom stereocenters. The van der Waals surface area contributed by atoms with Crippen molar-refractivity contribution >= 4 is 13.5 Å². The zero-order chi connectivity index (χ0) is 15.3. The van der Waals surface area contributed by atoms with Gasteiger partial charge in [-0.1, -0.05) is 0 Å². The third kappa shape index (κ3) is 6.18. The van der Waals surface area contributed by atoms with Crippen LogP contribution >= 0.6 is 6.48 Å². The molecule has 117 valence electrons. The average molecular weight is 296 g/mol. The Bertz CT molecular complexity index is 242. The van der Waals surface area contributed by atoms with E-state index in [9.17, 15) is 5.26 Å². The third-order valence-corrected chi connectivity index (χ3v) is 11.8. The van der Waals surface area contributed by atoms with Gasteiger partial charge >= 0.3 is 128 Å². The Morgan fingerprint density at radius 2 is 1.00 bits per heavy atom. The number of hydrogen-bond donors (Lipinski definition) is 0. The van der Waals surface area contributed by atoms with Gasteiger partial charge in [-0.3, -0.25) is 0 Å². The number of rotatable bonds is 13. The molecular formula is C17H36BNP. The molecule has 0 aromatic rings. The van der Waals surface area contributed by atoms with E-state index in [1.54, 1.807) is 0 Å². The molecule has 0 bridgehead atoms. The second-order valence-electron chi connectivity index (χ2n) is 6.64. The van der Waals surface area contributed by atoms with Crippen LogP contribution in [0.15, 0.2) is 0 Å². The molecule has 0 aromatic carbocycles. The fraction of sp³-hybridized carbons (Fsp3) is 0.941. The summed E-state index contributed by atoms with van der Waals surface area (Å²) in [6.07, 6.45) is 15.7. The second kappa shape index (κ2) is 10.7. The zero-order valence-electron chi connectivity index (χ0n) is 14.5. The van der Waals surface area contributed by atoms with E-state index in [1.807, 2.05) is 0 Å². The topological polar surface area (TPSA) is 23.8 Å². The van der Waals surface area contributed by atoms with Crippen molar-refractivity contribution in [2.75, 3.05) is 24.6 Å². The van der Waals surface area contributed by atoms with Crippen LogP contribution in [0.1, 0.15) is 79.1 Å². The van der Waals surface area contributed by atoms with Crippen LogP contribution in [0.4, 0.5) is 0 Å². The first kappa shape index (κ1) is 20.0. The van der Waals surface area contributed by atoms with Gasteiger partial charge < -0.3 is 0 Å². The Labute approximate surface area is 129 Å². The van der Waals surface area contributed by atoms with Crippen molar-refractivity contribution in [1.82, 2.24) is 0 Å². The normalized spacial score (nSPS) is 13.4. The molecule has 1 nitrogen and oxygen atoms in total. The van der Waals surface area contributed by atoms with Gasteiger partial charge in [-0.25, -0.2) is 0 Å². The monoisotopic (exact) mass is 296 g/mol. The van der Waals surface area contributed by atoms with E-state index >= 15 is 0 Å². The van der Waals surface area contributed by atoms with Gasteiger partial charge in [0.1, 0.15) is 0 Å². The molecule has 0 heterocycles. The fourth-order valence-corrected chi connectivity index (χ4v) is 10.3. The molecule has 0 spiro atoms.